The Labute approximate surface area is 144 Å². The fourth-order valence-corrected chi connectivity index (χ4v) is 3.03. The maximum absolute atomic E-state index is 12.9. The molecule has 0 saturated heterocycles. The van der Waals surface area contributed by atoms with Gasteiger partial charge in [-0.15, -0.1) is 12.4 Å². The van der Waals surface area contributed by atoms with Crippen LogP contribution in [0.2, 0.25) is 0 Å². The third-order valence-electron chi connectivity index (χ3n) is 4.51. The van der Waals surface area contributed by atoms with Crippen LogP contribution in [-0.2, 0) is 6.42 Å². The molecule has 1 atom stereocenters. The van der Waals surface area contributed by atoms with Crippen LogP contribution in [0.15, 0.2) is 48.5 Å². The largest absolute Gasteiger partial charge is 0.385 e. The molecule has 0 aromatic heterocycles. The van der Waals surface area contributed by atoms with Crippen LogP contribution in [0.25, 0.3) is 0 Å². The molecular formula is C19H23ClN2O. The predicted molar refractivity (Wildman–Crippen MR) is 97.5 cm³/mol. The van der Waals surface area contributed by atoms with Gasteiger partial charge in [-0.3, -0.25) is 4.79 Å². The van der Waals surface area contributed by atoms with Crippen LogP contribution in [0.5, 0.6) is 0 Å². The molecule has 1 aliphatic rings. The first kappa shape index (κ1) is 17.4. The maximum atomic E-state index is 12.9. The lowest BCUT2D eigenvalue weighted by Gasteiger charge is -2.28. The standard InChI is InChI=1S/C19H22N2O.ClH/c1-14(15-8-4-3-5-9-15)21(2)19(22)17-10-6-12-18-16(17)11-7-13-20-18;/h3-6,8-10,12,14,20H,7,11,13H2,1-2H3;1H. The Bertz CT molecular complexity index is 672. The molecule has 0 radical (unpaired) electrons. The number of amides is 1. The number of hydrogen-bond acceptors (Lipinski definition) is 2. The van der Waals surface area contributed by atoms with Crippen molar-refractivity contribution in [3.8, 4) is 0 Å². The van der Waals surface area contributed by atoms with Gasteiger partial charge < -0.3 is 10.2 Å². The van der Waals surface area contributed by atoms with Crippen molar-refractivity contribution in [3.63, 3.8) is 0 Å². The lowest BCUT2D eigenvalue weighted by Crippen LogP contribution is -2.31. The Hall–Kier alpha value is -2.00. The van der Waals surface area contributed by atoms with Crippen LogP contribution < -0.4 is 5.32 Å². The summed E-state index contributed by atoms with van der Waals surface area (Å²) in [6, 6.07) is 16.2. The average molecular weight is 331 g/mol. The molecule has 1 aliphatic heterocycles. The second-order valence-corrected chi connectivity index (χ2v) is 5.86. The van der Waals surface area contributed by atoms with E-state index >= 15 is 0 Å². The molecule has 1 heterocycles. The van der Waals surface area contributed by atoms with Crippen LogP contribution in [0, 0.1) is 0 Å². The normalized spacial score (nSPS) is 14.0. The van der Waals surface area contributed by atoms with Gasteiger partial charge in [0, 0.05) is 24.8 Å². The minimum Gasteiger partial charge on any atom is -0.385 e. The van der Waals surface area contributed by atoms with Gasteiger partial charge in [-0.2, -0.15) is 0 Å². The van der Waals surface area contributed by atoms with Crippen molar-refractivity contribution in [3.05, 3.63) is 65.2 Å². The van der Waals surface area contributed by atoms with E-state index in [1.165, 1.54) is 0 Å². The number of fused-ring (bicyclic) bond motifs is 1. The van der Waals surface area contributed by atoms with Gasteiger partial charge in [0.15, 0.2) is 0 Å². The zero-order valence-electron chi connectivity index (χ0n) is 13.6. The number of hydrogen-bond donors (Lipinski definition) is 1. The summed E-state index contributed by atoms with van der Waals surface area (Å²) >= 11 is 0. The van der Waals surface area contributed by atoms with Gasteiger partial charge in [-0.05, 0) is 43.0 Å². The monoisotopic (exact) mass is 330 g/mol. The van der Waals surface area contributed by atoms with Crippen LogP contribution in [0.4, 0.5) is 5.69 Å². The third-order valence-corrected chi connectivity index (χ3v) is 4.51. The zero-order chi connectivity index (χ0) is 15.5. The Morgan fingerprint density at radius 3 is 2.61 bits per heavy atom. The van der Waals surface area contributed by atoms with E-state index in [1.807, 2.05) is 42.3 Å². The lowest BCUT2D eigenvalue weighted by molar-refractivity contribution is 0.0741. The van der Waals surface area contributed by atoms with Crippen molar-refractivity contribution in [2.45, 2.75) is 25.8 Å². The number of nitrogens with zero attached hydrogens (tertiary/aromatic N) is 1. The number of halogens is 1. The highest BCUT2D eigenvalue weighted by molar-refractivity contribution is 5.97. The molecule has 3 rings (SSSR count). The van der Waals surface area contributed by atoms with Gasteiger partial charge in [0.25, 0.3) is 5.91 Å². The Morgan fingerprint density at radius 2 is 1.87 bits per heavy atom. The quantitative estimate of drug-likeness (QED) is 0.910. The summed E-state index contributed by atoms with van der Waals surface area (Å²) < 4.78 is 0. The van der Waals surface area contributed by atoms with Gasteiger partial charge in [0.2, 0.25) is 0 Å². The van der Waals surface area contributed by atoms with Crippen molar-refractivity contribution >= 4 is 24.0 Å². The van der Waals surface area contributed by atoms with E-state index in [4.69, 9.17) is 0 Å². The SMILES string of the molecule is CC(c1ccccc1)N(C)C(=O)c1cccc2c1CCCN2.Cl. The molecule has 2 aromatic carbocycles. The third kappa shape index (κ3) is 3.50. The van der Waals surface area contributed by atoms with Crippen LogP contribution in [0.1, 0.15) is 40.9 Å². The molecule has 4 heteroatoms. The van der Waals surface area contributed by atoms with Gasteiger partial charge in [-0.25, -0.2) is 0 Å². The molecule has 0 saturated carbocycles. The first-order chi connectivity index (χ1) is 10.7. The number of rotatable bonds is 3. The van der Waals surface area contributed by atoms with E-state index in [0.717, 1.165) is 41.8 Å². The highest BCUT2D eigenvalue weighted by Crippen LogP contribution is 2.28. The first-order valence-electron chi connectivity index (χ1n) is 7.86. The summed E-state index contributed by atoms with van der Waals surface area (Å²) in [6.07, 6.45) is 2.05. The average Bonchev–Trinajstić information content (AvgIpc) is 2.60. The lowest BCUT2D eigenvalue weighted by atomic mass is 9.96. The molecule has 1 amide bonds. The summed E-state index contributed by atoms with van der Waals surface area (Å²) in [5, 5.41) is 3.39. The zero-order valence-corrected chi connectivity index (χ0v) is 14.4. The second kappa shape index (κ2) is 7.51. The molecule has 0 spiro atoms. The topological polar surface area (TPSA) is 32.3 Å². The molecule has 2 aromatic rings. The maximum Gasteiger partial charge on any atom is 0.254 e. The van der Waals surface area contributed by atoms with Gasteiger partial charge in [0.05, 0.1) is 6.04 Å². The Morgan fingerprint density at radius 1 is 1.13 bits per heavy atom. The predicted octanol–water partition coefficient (Wildman–Crippen LogP) is 4.30. The van der Waals surface area contributed by atoms with E-state index in [9.17, 15) is 4.79 Å². The van der Waals surface area contributed by atoms with Crippen molar-refractivity contribution in [1.82, 2.24) is 4.90 Å². The highest BCUT2D eigenvalue weighted by atomic mass is 35.5. The van der Waals surface area contributed by atoms with Crippen LogP contribution in [-0.4, -0.2) is 24.4 Å². The summed E-state index contributed by atoms with van der Waals surface area (Å²) in [4.78, 5) is 14.8. The Kier molecular flexibility index (Phi) is 5.67. The smallest absolute Gasteiger partial charge is 0.254 e. The number of carbonyl (C=O) groups excluding carboxylic acids is 1. The minimum atomic E-state index is 0. The van der Waals surface area contributed by atoms with Crippen LogP contribution >= 0.6 is 12.4 Å². The summed E-state index contributed by atoms with van der Waals surface area (Å²) in [5.74, 6) is 0.0944. The Balaban J connectivity index is 0.00000192. The fraction of sp³-hybridized carbons (Fsp3) is 0.316. The van der Waals surface area contributed by atoms with E-state index in [1.54, 1.807) is 0 Å². The van der Waals surface area contributed by atoms with Crippen molar-refractivity contribution < 1.29 is 4.79 Å². The van der Waals surface area contributed by atoms with Crippen molar-refractivity contribution in [2.24, 2.45) is 0 Å². The van der Waals surface area contributed by atoms with Crippen molar-refractivity contribution in [1.29, 1.82) is 0 Å². The number of anilines is 1. The van der Waals surface area contributed by atoms with Gasteiger partial charge in [-0.1, -0.05) is 36.4 Å². The van der Waals surface area contributed by atoms with E-state index < -0.39 is 0 Å². The van der Waals surface area contributed by atoms with Gasteiger partial charge in [0.1, 0.15) is 0 Å². The molecule has 23 heavy (non-hydrogen) atoms. The van der Waals surface area contributed by atoms with E-state index in [-0.39, 0.29) is 24.4 Å². The van der Waals surface area contributed by atoms with Gasteiger partial charge >= 0.3 is 0 Å². The summed E-state index contributed by atoms with van der Waals surface area (Å²) in [5.41, 5.74) is 4.25. The first-order valence-corrected chi connectivity index (χ1v) is 7.86. The number of benzene rings is 2. The summed E-state index contributed by atoms with van der Waals surface area (Å²) in [7, 11) is 1.88. The molecular weight excluding hydrogens is 308 g/mol. The van der Waals surface area contributed by atoms with Crippen LogP contribution in [0.3, 0.4) is 0 Å². The molecule has 1 unspecified atom stereocenters. The molecule has 0 aliphatic carbocycles. The van der Waals surface area contributed by atoms with E-state index in [2.05, 4.69) is 30.4 Å². The minimum absolute atomic E-state index is 0. The fourth-order valence-electron chi connectivity index (χ4n) is 3.03. The molecule has 1 N–H and O–H groups in total. The number of nitrogens with one attached hydrogen (secondary N) is 1. The summed E-state index contributed by atoms with van der Waals surface area (Å²) in [6.45, 7) is 3.06. The van der Waals surface area contributed by atoms with Crippen molar-refractivity contribution in [2.75, 3.05) is 18.9 Å². The molecule has 0 bridgehead atoms. The molecule has 3 nitrogen and oxygen atoms in total. The number of carbonyl (C=O) groups is 1. The van der Waals surface area contributed by atoms with E-state index in [0.29, 0.717) is 0 Å². The molecule has 0 fully saturated rings. The highest BCUT2D eigenvalue weighted by Gasteiger charge is 2.23. The second-order valence-electron chi connectivity index (χ2n) is 5.86. The molecule has 122 valence electrons.